The van der Waals surface area contributed by atoms with Gasteiger partial charge in [0.05, 0.1) is 12.4 Å². The maximum Gasteiger partial charge on any atom is 0.267 e. The van der Waals surface area contributed by atoms with Gasteiger partial charge in [0.25, 0.3) is 10.1 Å². The Morgan fingerprint density at radius 3 is 1.38 bits per heavy atom. The molecule has 0 atom stereocenters. The van der Waals surface area contributed by atoms with Gasteiger partial charge in [-0.15, -0.1) is 0 Å². The van der Waals surface area contributed by atoms with Gasteiger partial charge in [-0.3, -0.25) is 4.18 Å². The average molecular weight is 363 g/mol. The summed E-state index contributed by atoms with van der Waals surface area (Å²) in [5.74, 6) is 0.193. The van der Waals surface area contributed by atoms with Crippen molar-refractivity contribution < 1.29 is 12.6 Å². The summed E-state index contributed by atoms with van der Waals surface area (Å²) in [6.07, 6.45) is 19.0. The molecule has 0 aromatic rings. The molecule has 0 aromatic heterocycles. The number of hydrogen-bond acceptors (Lipinski definition) is 3. The molecule has 0 aliphatic heterocycles. The molecule has 0 N–H and O–H groups in total. The summed E-state index contributed by atoms with van der Waals surface area (Å²) in [5.41, 5.74) is 0. The summed E-state index contributed by atoms with van der Waals surface area (Å²) >= 11 is 0. The van der Waals surface area contributed by atoms with Crippen LogP contribution in [-0.2, 0) is 14.3 Å². The topological polar surface area (TPSA) is 43.4 Å². The van der Waals surface area contributed by atoms with Crippen LogP contribution in [0, 0.1) is 0 Å². The molecule has 0 radical (unpaired) electrons. The van der Waals surface area contributed by atoms with Crippen LogP contribution in [0.4, 0.5) is 0 Å². The number of unbranched alkanes of at least 4 members (excludes halogenated alkanes) is 14. The third-order valence-corrected chi connectivity index (χ3v) is 5.82. The minimum absolute atomic E-state index is 0.193. The van der Waals surface area contributed by atoms with E-state index in [0.717, 1.165) is 32.1 Å². The Bertz CT molecular complexity index is 339. The standard InChI is InChI=1S/C20H42O3S/c1-3-5-7-9-11-13-15-17-19-23-24(21,22)20-18-16-14-12-10-8-6-4-2/h3-20H2,1-2H3. The Labute approximate surface area is 152 Å². The predicted octanol–water partition coefficient (Wildman–Crippen LogP) is 6.61. The van der Waals surface area contributed by atoms with Gasteiger partial charge < -0.3 is 0 Å². The third-order valence-electron chi connectivity index (χ3n) is 4.51. The van der Waals surface area contributed by atoms with E-state index in [1.807, 2.05) is 0 Å². The lowest BCUT2D eigenvalue weighted by Gasteiger charge is -2.06. The molecular formula is C20H42O3S. The van der Waals surface area contributed by atoms with Crippen molar-refractivity contribution in [2.75, 3.05) is 12.4 Å². The van der Waals surface area contributed by atoms with Gasteiger partial charge in [-0.1, -0.05) is 104 Å². The zero-order chi connectivity index (χ0) is 17.9. The maximum atomic E-state index is 11.8. The van der Waals surface area contributed by atoms with E-state index >= 15 is 0 Å². The lowest BCUT2D eigenvalue weighted by molar-refractivity contribution is 0.305. The van der Waals surface area contributed by atoms with E-state index in [0.29, 0.717) is 6.61 Å². The molecule has 0 bridgehead atoms. The molecule has 0 aliphatic rings. The largest absolute Gasteiger partial charge is 0.270 e. The van der Waals surface area contributed by atoms with Crippen molar-refractivity contribution in [3.05, 3.63) is 0 Å². The minimum atomic E-state index is -3.29. The van der Waals surface area contributed by atoms with E-state index in [-0.39, 0.29) is 5.75 Å². The van der Waals surface area contributed by atoms with E-state index in [9.17, 15) is 8.42 Å². The SMILES string of the molecule is CCCCCCCCCCOS(=O)(=O)CCCCCCCCCC. The van der Waals surface area contributed by atoms with Gasteiger partial charge in [0.15, 0.2) is 0 Å². The van der Waals surface area contributed by atoms with Crippen molar-refractivity contribution in [1.82, 2.24) is 0 Å². The first-order valence-corrected chi connectivity index (χ1v) is 12.1. The van der Waals surface area contributed by atoms with E-state index in [2.05, 4.69) is 13.8 Å². The first-order valence-electron chi connectivity index (χ1n) is 10.5. The molecular weight excluding hydrogens is 320 g/mol. The monoisotopic (exact) mass is 362 g/mol. The summed E-state index contributed by atoms with van der Waals surface area (Å²) in [6.45, 7) is 4.82. The number of rotatable bonds is 19. The predicted molar refractivity (Wildman–Crippen MR) is 105 cm³/mol. The van der Waals surface area contributed by atoms with Crippen LogP contribution in [0.1, 0.15) is 117 Å². The van der Waals surface area contributed by atoms with E-state index < -0.39 is 10.1 Å². The van der Waals surface area contributed by atoms with Crippen LogP contribution in [-0.4, -0.2) is 20.8 Å². The normalized spacial score (nSPS) is 11.9. The fraction of sp³-hybridized carbons (Fsp3) is 1.00. The summed E-state index contributed by atoms with van der Waals surface area (Å²) in [6, 6.07) is 0. The van der Waals surface area contributed by atoms with Crippen molar-refractivity contribution in [2.45, 2.75) is 117 Å². The Morgan fingerprint density at radius 1 is 0.542 bits per heavy atom. The molecule has 0 amide bonds. The quantitative estimate of drug-likeness (QED) is 0.192. The minimum Gasteiger partial charge on any atom is -0.270 e. The van der Waals surface area contributed by atoms with Crippen LogP contribution in [0.15, 0.2) is 0 Å². The number of hydrogen-bond donors (Lipinski definition) is 0. The van der Waals surface area contributed by atoms with Crippen molar-refractivity contribution in [2.24, 2.45) is 0 Å². The van der Waals surface area contributed by atoms with Crippen LogP contribution in [0.2, 0.25) is 0 Å². The molecule has 146 valence electrons. The smallest absolute Gasteiger partial charge is 0.267 e. The molecule has 24 heavy (non-hydrogen) atoms. The summed E-state index contributed by atoms with van der Waals surface area (Å²) in [7, 11) is -3.29. The molecule has 3 nitrogen and oxygen atoms in total. The molecule has 0 saturated heterocycles. The lowest BCUT2D eigenvalue weighted by atomic mass is 10.1. The van der Waals surface area contributed by atoms with Crippen LogP contribution in [0.5, 0.6) is 0 Å². The maximum absolute atomic E-state index is 11.8. The highest BCUT2D eigenvalue weighted by atomic mass is 32.2. The molecule has 4 heteroatoms. The van der Waals surface area contributed by atoms with E-state index in [4.69, 9.17) is 4.18 Å². The van der Waals surface area contributed by atoms with Gasteiger partial charge in [-0.25, -0.2) is 0 Å². The molecule has 0 rings (SSSR count). The zero-order valence-electron chi connectivity index (χ0n) is 16.4. The second kappa shape index (κ2) is 17.7. The Balaban J connectivity index is 3.36. The molecule has 0 aromatic carbocycles. The highest BCUT2D eigenvalue weighted by Gasteiger charge is 2.10. The molecule has 0 fully saturated rings. The summed E-state index contributed by atoms with van der Waals surface area (Å²) in [4.78, 5) is 0. The van der Waals surface area contributed by atoms with Gasteiger partial charge in [-0.2, -0.15) is 8.42 Å². The first kappa shape index (κ1) is 23.9. The Kier molecular flexibility index (Phi) is 17.7. The second-order valence-corrected chi connectivity index (χ2v) is 8.79. The van der Waals surface area contributed by atoms with Crippen molar-refractivity contribution >= 4 is 10.1 Å². The van der Waals surface area contributed by atoms with Gasteiger partial charge in [-0.05, 0) is 12.8 Å². The van der Waals surface area contributed by atoms with Gasteiger partial charge >= 0.3 is 0 Å². The first-order chi connectivity index (χ1) is 11.6. The zero-order valence-corrected chi connectivity index (χ0v) is 17.2. The van der Waals surface area contributed by atoms with Crippen LogP contribution in [0.3, 0.4) is 0 Å². The molecule has 0 saturated carbocycles. The second-order valence-electron chi connectivity index (χ2n) is 7.03. The Morgan fingerprint density at radius 2 is 0.917 bits per heavy atom. The molecule has 0 heterocycles. The van der Waals surface area contributed by atoms with Crippen molar-refractivity contribution in [3.63, 3.8) is 0 Å². The molecule has 0 spiro atoms. The summed E-state index contributed by atoms with van der Waals surface area (Å²) in [5, 5.41) is 0. The molecule has 0 unspecified atom stereocenters. The van der Waals surface area contributed by atoms with Gasteiger partial charge in [0, 0.05) is 0 Å². The lowest BCUT2D eigenvalue weighted by Crippen LogP contribution is -2.11. The van der Waals surface area contributed by atoms with Crippen molar-refractivity contribution in [1.29, 1.82) is 0 Å². The average Bonchev–Trinajstić information content (AvgIpc) is 2.55. The van der Waals surface area contributed by atoms with E-state index in [1.165, 1.54) is 70.6 Å². The molecule has 0 aliphatic carbocycles. The fourth-order valence-corrected chi connectivity index (χ4v) is 3.94. The van der Waals surface area contributed by atoms with Crippen LogP contribution in [0.25, 0.3) is 0 Å². The van der Waals surface area contributed by atoms with Crippen LogP contribution < -0.4 is 0 Å². The van der Waals surface area contributed by atoms with Gasteiger partial charge in [0.1, 0.15) is 0 Å². The summed E-state index contributed by atoms with van der Waals surface area (Å²) < 4.78 is 28.7. The highest BCUT2D eigenvalue weighted by Crippen LogP contribution is 2.11. The Hall–Kier alpha value is -0.0900. The fourth-order valence-electron chi connectivity index (χ4n) is 2.89. The van der Waals surface area contributed by atoms with Gasteiger partial charge in [0.2, 0.25) is 0 Å². The van der Waals surface area contributed by atoms with Crippen molar-refractivity contribution in [3.8, 4) is 0 Å². The van der Waals surface area contributed by atoms with Crippen LogP contribution >= 0.6 is 0 Å². The highest BCUT2D eigenvalue weighted by molar-refractivity contribution is 7.86. The third kappa shape index (κ3) is 18.3. The van der Waals surface area contributed by atoms with E-state index in [1.54, 1.807) is 0 Å².